The molecule has 0 amide bonds. The summed E-state index contributed by atoms with van der Waals surface area (Å²) in [5, 5.41) is 0. The van der Waals surface area contributed by atoms with E-state index in [2.05, 4.69) is 32.0 Å². The maximum Gasteiger partial charge on any atom is 0.416 e. The molecule has 1 aliphatic heterocycles. The Bertz CT molecular complexity index is 797. The Kier molecular flexibility index (Phi) is 7.72. The number of unbranched alkanes of at least 4 members (excludes halogenated alkanes) is 1. The minimum atomic E-state index is -4.29. The molecule has 0 fully saturated rings. The Labute approximate surface area is 177 Å². The van der Waals surface area contributed by atoms with Crippen molar-refractivity contribution in [3.05, 3.63) is 59.2 Å². The van der Waals surface area contributed by atoms with Gasteiger partial charge in [0.05, 0.1) is 5.56 Å². The van der Waals surface area contributed by atoms with Gasteiger partial charge < -0.3 is 0 Å². The molecule has 2 aromatic carbocycles. The number of fused-ring (bicyclic) bond motifs is 2. The molecule has 0 aliphatic carbocycles. The fourth-order valence-electron chi connectivity index (χ4n) is 4.46. The van der Waals surface area contributed by atoms with Gasteiger partial charge in [-0.05, 0) is 60.1 Å². The minimum Gasteiger partial charge on any atom is -0.166 e. The zero-order valence-electron chi connectivity index (χ0n) is 17.4. The van der Waals surface area contributed by atoms with Crippen molar-refractivity contribution in [1.82, 2.24) is 0 Å². The minimum absolute atomic E-state index is 0.287. The van der Waals surface area contributed by atoms with Gasteiger partial charge in [-0.2, -0.15) is 13.2 Å². The predicted octanol–water partition coefficient (Wildman–Crippen LogP) is 8.88. The largest absolute Gasteiger partial charge is 0.416 e. The van der Waals surface area contributed by atoms with E-state index in [0.29, 0.717) is 6.42 Å². The van der Waals surface area contributed by atoms with E-state index >= 15 is 0 Å². The topological polar surface area (TPSA) is 0 Å². The van der Waals surface area contributed by atoms with Crippen LogP contribution in [0.4, 0.5) is 13.2 Å². The van der Waals surface area contributed by atoms with E-state index < -0.39 is 11.7 Å². The molecule has 3 rings (SSSR count). The van der Waals surface area contributed by atoms with E-state index in [4.69, 9.17) is 0 Å². The molecule has 158 valence electrons. The van der Waals surface area contributed by atoms with Crippen LogP contribution in [0.3, 0.4) is 0 Å². The molecule has 29 heavy (non-hydrogen) atoms. The third kappa shape index (κ3) is 5.81. The van der Waals surface area contributed by atoms with Crippen molar-refractivity contribution in [2.24, 2.45) is 5.92 Å². The second kappa shape index (κ2) is 10.1. The van der Waals surface area contributed by atoms with Gasteiger partial charge in [-0.15, -0.1) is 0 Å². The van der Waals surface area contributed by atoms with Crippen LogP contribution >= 0.6 is 11.8 Å². The average molecular weight is 421 g/mol. The van der Waals surface area contributed by atoms with Crippen LogP contribution in [0, 0.1) is 5.92 Å². The molecular formula is C25H31F3S. The van der Waals surface area contributed by atoms with Crippen LogP contribution < -0.4 is 0 Å². The van der Waals surface area contributed by atoms with Gasteiger partial charge >= 0.3 is 6.18 Å². The Morgan fingerprint density at radius 3 is 2.52 bits per heavy atom. The highest BCUT2D eigenvalue weighted by atomic mass is 32.2. The zero-order chi connectivity index (χ0) is 20.9. The SMILES string of the molecule is CCCC(CC)CCCCC1Cc2cc(C(F)(F)F)ccc2Sc2ccccc21. The third-order valence-corrected chi connectivity index (χ3v) is 7.33. The van der Waals surface area contributed by atoms with Gasteiger partial charge in [0, 0.05) is 9.79 Å². The summed E-state index contributed by atoms with van der Waals surface area (Å²) in [6, 6.07) is 12.6. The summed E-state index contributed by atoms with van der Waals surface area (Å²) < 4.78 is 39.7. The molecule has 0 saturated heterocycles. The summed E-state index contributed by atoms with van der Waals surface area (Å²) >= 11 is 1.61. The van der Waals surface area contributed by atoms with Gasteiger partial charge in [0.15, 0.2) is 0 Å². The van der Waals surface area contributed by atoms with Crippen LogP contribution in [0.2, 0.25) is 0 Å². The Hall–Kier alpha value is -1.42. The average Bonchev–Trinajstić information content (AvgIpc) is 2.85. The summed E-state index contributed by atoms with van der Waals surface area (Å²) in [4.78, 5) is 2.15. The maximum absolute atomic E-state index is 13.2. The fourth-order valence-corrected chi connectivity index (χ4v) is 5.61. The van der Waals surface area contributed by atoms with Crippen LogP contribution in [0.25, 0.3) is 0 Å². The van der Waals surface area contributed by atoms with E-state index in [1.165, 1.54) is 54.7 Å². The standard InChI is InChI=1S/C25H31F3S/c1-3-9-18(4-2)10-5-6-11-19-16-20-17-21(25(26,27)28)14-15-23(20)29-24-13-8-7-12-22(19)24/h7-8,12-15,17-19H,3-6,9-11,16H2,1-2H3. The lowest BCUT2D eigenvalue weighted by Gasteiger charge is -2.19. The number of rotatable bonds is 8. The molecule has 2 atom stereocenters. The molecule has 0 saturated carbocycles. The van der Waals surface area contributed by atoms with Crippen molar-refractivity contribution in [1.29, 1.82) is 0 Å². The van der Waals surface area contributed by atoms with E-state index in [1.54, 1.807) is 17.8 Å². The summed E-state index contributed by atoms with van der Waals surface area (Å²) in [6.07, 6.45) is 4.83. The highest BCUT2D eigenvalue weighted by Crippen LogP contribution is 2.44. The quantitative estimate of drug-likeness (QED) is 0.384. The molecule has 2 aromatic rings. The molecule has 4 heteroatoms. The highest BCUT2D eigenvalue weighted by molar-refractivity contribution is 7.99. The molecule has 0 nitrogen and oxygen atoms in total. The second-order valence-electron chi connectivity index (χ2n) is 8.21. The van der Waals surface area contributed by atoms with Crippen molar-refractivity contribution < 1.29 is 13.2 Å². The van der Waals surface area contributed by atoms with Crippen LogP contribution in [0.15, 0.2) is 52.3 Å². The molecule has 0 aromatic heterocycles. The summed E-state index contributed by atoms with van der Waals surface area (Å²) in [5.74, 6) is 1.10. The van der Waals surface area contributed by atoms with Crippen molar-refractivity contribution in [3.63, 3.8) is 0 Å². The molecule has 0 spiro atoms. The summed E-state index contributed by atoms with van der Waals surface area (Å²) in [6.45, 7) is 4.52. The van der Waals surface area contributed by atoms with Gasteiger partial charge in [-0.25, -0.2) is 0 Å². The molecule has 0 N–H and O–H groups in total. The van der Waals surface area contributed by atoms with Gasteiger partial charge in [-0.3, -0.25) is 0 Å². The first kappa shape index (κ1) is 22.3. The maximum atomic E-state index is 13.2. The van der Waals surface area contributed by atoms with E-state index in [-0.39, 0.29) is 5.92 Å². The van der Waals surface area contributed by atoms with Gasteiger partial charge in [-0.1, -0.05) is 82.3 Å². The van der Waals surface area contributed by atoms with E-state index in [1.807, 2.05) is 6.07 Å². The Balaban J connectivity index is 1.76. The van der Waals surface area contributed by atoms with Gasteiger partial charge in [0.1, 0.15) is 0 Å². The number of halogens is 3. The Morgan fingerprint density at radius 1 is 1.00 bits per heavy atom. The predicted molar refractivity (Wildman–Crippen MR) is 116 cm³/mol. The second-order valence-corrected chi connectivity index (χ2v) is 9.29. The zero-order valence-corrected chi connectivity index (χ0v) is 18.2. The number of alkyl halides is 3. The number of hydrogen-bond donors (Lipinski definition) is 0. The molecular weight excluding hydrogens is 389 g/mol. The number of benzene rings is 2. The van der Waals surface area contributed by atoms with Crippen molar-refractivity contribution in [2.75, 3.05) is 0 Å². The summed E-state index contributed by atoms with van der Waals surface area (Å²) in [7, 11) is 0. The summed E-state index contributed by atoms with van der Waals surface area (Å²) in [5.41, 5.74) is 1.60. The first-order valence-electron chi connectivity index (χ1n) is 10.9. The van der Waals surface area contributed by atoms with E-state index in [9.17, 15) is 13.2 Å². The molecule has 2 unspecified atom stereocenters. The fraction of sp³-hybridized carbons (Fsp3) is 0.520. The van der Waals surface area contributed by atoms with Crippen LogP contribution in [-0.2, 0) is 12.6 Å². The lowest BCUT2D eigenvalue weighted by molar-refractivity contribution is -0.137. The lowest BCUT2D eigenvalue weighted by Crippen LogP contribution is -2.08. The molecule has 0 radical (unpaired) electrons. The van der Waals surface area contributed by atoms with Gasteiger partial charge in [0.2, 0.25) is 0 Å². The number of hydrogen-bond acceptors (Lipinski definition) is 1. The lowest BCUT2D eigenvalue weighted by atomic mass is 9.86. The van der Waals surface area contributed by atoms with Crippen molar-refractivity contribution >= 4 is 11.8 Å². The third-order valence-electron chi connectivity index (χ3n) is 6.12. The van der Waals surface area contributed by atoms with Crippen LogP contribution in [-0.4, -0.2) is 0 Å². The van der Waals surface area contributed by atoms with Gasteiger partial charge in [0.25, 0.3) is 0 Å². The first-order valence-corrected chi connectivity index (χ1v) is 11.7. The van der Waals surface area contributed by atoms with Crippen molar-refractivity contribution in [3.8, 4) is 0 Å². The molecule has 0 bridgehead atoms. The first-order chi connectivity index (χ1) is 13.9. The highest BCUT2D eigenvalue weighted by Gasteiger charge is 2.32. The Morgan fingerprint density at radius 2 is 1.79 bits per heavy atom. The normalized spacial score (nSPS) is 17.3. The smallest absolute Gasteiger partial charge is 0.166 e. The monoisotopic (exact) mass is 420 g/mol. The molecule has 1 aliphatic rings. The van der Waals surface area contributed by atoms with E-state index in [0.717, 1.165) is 29.2 Å². The van der Waals surface area contributed by atoms with Crippen LogP contribution in [0.1, 0.15) is 81.4 Å². The molecule has 1 heterocycles. The van der Waals surface area contributed by atoms with Crippen molar-refractivity contribution in [2.45, 2.75) is 87.1 Å². The van der Waals surface area contributed by atoms with Crippen LogP contribution in [0.5, 0.6) is 0 Å².